The normalized spacial score (nSPS) is 37.8. The highest BCUT2D eigenvalue weighted by molar-refractivity contribution is 5.79. The Kier molecular flexibility index (Phi) is 7.58. The Labute approximate surface area is 196 Å². The van der Waals surface area contributed by atoms with E-state index in [0.717, 1.165) is 6.26 Å². The van der Waals surface area contributed by atoms with Gasteiger partial charge in [-0.2, -0.15) is 0 Å². The Balaban J connectivity index is 1.53. The number of ether oxygens (including phenoxy) is 4. The van der Waals surface area contributed by atoms with Crippen LogP contribution in [0.1, 0.15) is 0 Å². The SMILES string of the molecule is O=c1c(OC2OC(CO)C(O)C(O)C2O)coc2cc(OC3OC(CO)C(O)C(O)C3O)ccc12. The van der Waals surface area contributed by atoms with Crippen LogP contribution in [-0.4, -0.2) is 115 Å². The van der Waals surface area contributed by atoms with Gasteiger partial charge in [-0.25, -0.2) is 0 Å². The van der Waals surface area contributed by atoms with Crippen LogP contribution in [0.4, 0.5) is 0 Å². The van der Waals surface area contributed by atoms with E-state index in [1.54, 1.807) is 0 Å². The van der Waals surface area contributed by atoms with Crippen molar-refractivity contribution < 1.29 is 64.2 Å². The van der Waals surface area contributed by atoms with Crippen LogP contribution >= 0.6 is 0 Å². The van der Waals surface area contributed by atoms with Gasteiger partial charge in [0.1, 0.15) is 66.4 Å². The first-order chi connectivity index (χ1) is 16.7. The molecule has 0 saturated carbocycles. The molecule has 0 aliphatic carbocycles. The number of aliphatic hydroxyl groups is 8. The Morgan fingerprint density at radius 1 is 0.743 bits per heavy atom. The van der Waals surface area contributed by atoms with E-state index < -0.39 is 80.1 Å². The molecule has 0 amide bonds. The third-order valence-electron chi connectivity index (χ3n) is 5.91. The molecule has 1 aromatic heterocycles. The van der Waals surface area contributed by atoms with Crippen molar-refractivity contribution in [1.82, 2.24) is 0 Å². The van der Waals surface area contributed by atoms with Gasteiger partial charge in [-0.15, -0.1) is 0 Å². The van der Waals surface area contributed by atoms with Crippen LogP contribution in [0, 0.1) is 0 Å². The van der Waals surface area contributed by atoms with Crippen molar-refractivity contribution in [3.05, 3.63) is 34.7 Å². The van der Waals surface area contributed by atoms with Crippen LogP contribution in [0.2, 0.25) is 0 Å². The lowest BCUT2D eigenvalue weighted by molar-refractivity contribution is -0.277. The third-order valence-corrected chi connectivity index (χ3v) is 5.91. The summed E-state index contributed by atoms with van der Waals surface area (Å²) in [6, 6.07) is 3.93. The van der Waals surface area contributed by atoms with Crippen molar-refractivity contribution >= 4 is 11.0 Å². The number of rotatable bonds is 6. The third kappa shape index (κ3) is 4.85. The zero-order valence-corrected chi connectivity index (χ0v) is 18.0. The summed E-state index contributed by atoms with van der Waals surface area (Å²) in [7, 11) is 0. The Morgan fingerprint density at radius 3 is 1.83 bits per heavy atom. The smallest absolute Gasteiger partial charge is 0.234 e. The fraction of sp³-hybridized carbons (Fsp3) is 0.571. The molecule has 3 heterocycles. The number of hydrogen-bond donors (Lipinski definition) is 8. The molecular formula is C21H26O14. The minimum Gasteiger partial charge on any atom is -0.462 e. The minimum absolute atomic E-state index is 0.0215. The molecule has 14 heteroatoms. The van der Waals surface area contributed by atoms with Crippen LogP contribution < -0.4 is 14.9 Å². The number of hydrogen-bond acceptors (Lipinski definition) is 14. The van der Waals surface area contributed by atoms with Crippen molar-refractivity contribution in [3.8, 4) is 11.5 Å². The highest BCUT2D eigenvalue weighted by atomic mass is 16.7. The Bertz CT molecular complexity index is 1070. The fourth-order valence-electron chi connectivity index (χ4n) is 3.83. The monoisotopic (exact) mass is 502 g/mol. The standard InChI is InChI=1S/C21H26O14/c22-4-10-14(25)16(27)18(29)20(33-10)32-7-1-2-8-9(3-7)31-6-12(13(8)24)35-21-19(30)17(28)15(26)11(5-23)34-21/h1-3,6,10-11,14-23,25-30H,4-5H2. The maximum absolute atomic E-state index is 12.8. The largest absolute Gasteiger partial charge is 0.462 e. The Morgan fingerprint density at radius 2 is 1.29 bits per heavy atom. The summed E-state index contributed by atoms with van der Waals surface area (Å²) in [4.78, 5) is 12.8. The topological polar surface area (TPSA) is 229 Å². The molecule has 2 saturated heterocycles. The van der Waals surface area contributed by atoms with Gasteiger partial charge in [-0.1, -0.05) is 0 Å². The molecule has 10 unspecified atom stereocenters. The summed E-state index contributed by atoms with van der Waals surface area (Å²) in [6.07, 6.45) is -14.3. The van der Waals surface area contributed by atoms with Gasteiger partial charge in [0.05, 0.1) is 18.6 Å². The van der Waals surface area contributed by atoms with E-state index in [0.29, 0.717) is 0 Å². The summed E-state index contributed by atoms with van der Waals surface area (Å²) in [5.74, 6) is -0.322. The van der Waals surface area contributed by atoms with E-state index in [1.807, 2.05) is 0 Å². The summed E-state index contributed by atoms with van der Waals surface area (Å²) in [5.41, 5.74) is -0.652. The molecule has 2 aromatic rings. The second-order valence-electron chi connectivity index (χ2n) is 8.22. The van der Waals surface area contributed by atoms with Gasteiger partial charge < -0.3 is 64.2 Å². The summed E-state index contributed by atoms with van der Waals surface area (Å²) in [6.45, 7) is -1.30. The first kappa shape index (κ1) is 25.7. The van der Waals surface area contributed by atoms with Crippen LogP contribution in [0.3, 0.4) is 0 Å². The maximum atomic E-state index is 12.8. The average Bonchev–Trinajstić information content (AvgIpc) is 2.86. The zero-order chi connectivity index (χ0) is 25.4. The molecule has 0 radical (unpaired) electrons. The van der Waals surface area contributed by atoms with Gasteiger partial charge in [-0.3, -0.25) is 4.79 Å². The van der Waals surface area contributed by atoms with E-state index in [1.165, 1.54) is 18.2 Å². The number of benzene rings is 1. The summed E-state index contributed by atoms with van der Waals surface area (Å²) >= 11 is 0. The predicted octanol–water partition coefficient (Wildman–Crippen LogP) is -3.85. The fourth-order valence-corrected chi connectivity index (χ4v) is 3.83. The molecule has 0 bridgehead atoms. The predicted molar refractivity (Wildman–Crippen MR) is 111 cm³/mol. The van der Waals surface area contributed by atoms with Crippen LogP contribution in [0.15, 0.2) is 33.7 Å². The molecule has 8 N–H and O–H groups in total. The highest BCUT2D eigenvalue weighted by Gasteiger charge is 2.46. The second kappa shape index (κ2) is 10.3. The highest BCUT2D eigenvalue weighted by Crippen LogP contribution is 2.28. The average molecular weight is 502 g/mol. The lowest BCUT2D eigenvalue weighted by Gasteiger charge is -2.39. The number of aliphatic hydroxyl groups excluding tert-OH is 8. The van der Waals surface area contributed by atoms with Crippen LogP contribution in [-0.2, 0) is 9.47 Å². The molecule has 1 aromatic carbocycles. The van der Waals surface area contributed by atoms with Gasteiger partial charge in [0.25, 0.3) is 0 Å². The van der Waals surface area contributed by atoms with Gasteiger partial charge in [0.2, 0.25) is 23.8 Å². The first-order valence-corrected chi connectivity index (χ1v) is 10.7. The molecule has 35 heavy (non-hydrogen) atoms. The summed E-state index contributed by atoms with van der Waals surface area (Å²) < 4.78 is 26.8. The van der Waals surface area contributed by atoms with E-state index in [4.69, 9.17) is 23.4 Å². The van der Waals surface area contributed by atoms with Crippen molar-refractivity contribution in [2.75, 3.05) is 13.2 Å². The van der Waals surface area contributed by atoms with Crippen molar-refractivity contribution in [2.24, 2.45) is 0 Å². The van der Waals surface area contributed by atoms with E-state index >= 15 is 0 Å². The van der Waals surface area contributed by atoms with Crippen LogP contribution in [0.5, 0.6) is 11.5 Å². The van der Waals surface area contributed by atoms with E-state index in [9.17, 15) is 45.6 Å². The van der Waals surface area contributed by atoms with E-state index in [2.05, 4.69) is 0 Å². The van der Waals surface area contributed by atoms with Crippen molar-refractivity contribution in [2.45, 2.75) is 61.4 Å². The van der Waals surface area contributed by atoms with E-state index in [-0.39, 0.29) is 22.5 Å². The van der Waals surface area contributed by atoms with Gasteiger partial charge in [-0.05, 0) is 12.1 Å². The van der Waals surface area contributed by atoms with Gasteiger partial charge in [0.15, 0.2) is 0 Å². The van der Waals surface area contributed by atoms with Crippen molar-refractivity contribution in [1.29, 1.82) is 0 Å². The molecular weight excluding hydrogens is 476 g/mol. The first-order valence-electron chi connectivity index (χ1n) is 10.7. The Hall–Kier alpha value is -2.37. The molecule has 14 nitrogen and oxygen atoms in total. The summed E-state index contributed by atoms with van der Waals surface area (Å²) in [5, 5.41) is 78.2. The van der Waals surface area contributed by atoms with Crippen molar-refractivity contribution in [3.63, 3.8) is 0 Å². The number of fused-ring (bicyclic) bond motifs is 1. The molecule has 2 aliphatic rings. The zero-order valence-electron chi connectivity index (χ0n) is 18.0. The second-order valence-corrected chi connectivity index (χ2v) is 8.22. The molecule has 2 fully saturated rings. The molecule has 2 aliphatic heterocycles. The minimum atomic E-state index is -1.72. The lowest BCUT2D eigenvalue weighted by Crippen LogP contribution is -2.60. The van der Waals surface area contributed by atoms with Gasteiger partial charge >= 0.3 is 0 Å². The lowest BCUT2D eigenvalue weighted by atomic mass is 9.99. The molecule has 194 valence electrons. The molecule has 0 spiro atoms. The van der Waals surface area contributed by atoms with Crippen LogP contribution in [0.25, 0.3) is 11.0 Å². The molecule has 10 atom stereocenters. The quantitative estimate of drug-likeness (QED) is 0.189. The molecule has 4 rings (SSSR count). The maximum Gasteiger partial charge on any atom is 0.234 e. The van der Waals surface area contributed by atoms with Gasteiger partial charge in [0, 0.05) is 6.07 Å².